The molecule has 2 amide bonds. The van der Waals surface area contributed by atoms with Gasteiger partial charge in [0, 0.05) is 30.7 Å². The fourth-order valence-corrected chi connectivity index (χ4v) is 4.15. The average Bonchev–Trinajstić information content (AvgIpc) is 2.87. The van der Waals surface area contributed by atoms with Crippen LogP contribution in [0.4, 0.5) is 4.79 Å². The van der Waals surface area contributed by atoms with Gasteiger partial charge in [-0.15, -0.1) is 0 Å². The second-order valence-corrected chi connectivity index (χ2v) is 6.60. The second-order valence-electron chi connectivity index (χ2n) is 6.60. The summed E-state index contributed by atoms with van der Waals surface area (Å²) in [6.45, 7) is 2.89. The molecule has 0 saturated carbocycles. The number of amides is 2. The number of ether oxygens (including phenoxy) is 2. The lowest BCUT2D eigenvalue weighted by atomic mass is 9.62. The second kappa shape index (κ2) is 7.06. The molecular formula is C17H22N2O7. The van der Waals surface area contributed by atoms with Crippen molar-refractivity contribution in [2.75, 3.05) is 39.5 Å². The van der Waals surface area contributed by atoms with E-state index >= 15 is 0 Å². The summed E-state index contributed by atoms with van der Waals surface area (Å²) in [7, 11) is 0. The molecular weight excluding hydrogens is 344 g/mol. The molecule has 3 aliphatic heterocycles. The Morgan fingerprint density at radius 2 is 2.00 bits per heavy atom. The van der Waals surface area contributed by atoms with Gasteiger partial charge < -0.3 is 24.4 Å². The number of allylic oxidation sites excluding steroid dienone is 1. The topological polar surface area (TPSA) is 113 Å². The number of piperidine rings is 2. The van der Waals surface area contributed by atoms with E-state index in [1.807, 2.05) is 0 Å². The maximum absolute atomic E-state index is 12.8. The molecule has 3 aliphatic rings. The predicted molar refractivity (Wildman–Crippen MR) is 87.0 cm³/mol. The molecule has 0 aliphatic carbocycles. The van der Waals surface area contributed by atoms with Gasteiger partial charge in [0.05, 0.1) is 19.8 Å². The fraction of sp³-hybridized carbons (Fsp3) is 0.647. The summed E-state index contributed by atoms with van der Waals surface area (Å²) < 4.78 is 10.5. The zero-order valence-electron chi connectivity index (χ0n) is 14.6. The molecule has 9 nitrogen and oxygen atoms in total. The van der Waals surface area contributed by atoms with Crippen molar-refractivity contribution in [3.05, 3.63) is 11.8 Å². The third kappa shape index (κ3) is 2.86. The highest BCUT2D eigenvalue weighted by molar-refractivity contribution is 6.41. The standard InChI is InChI=1S/C17H22N2O7/c1-2-26-15(22)12-13(20)14(21)19-8-10-25-9-3-11(19)17(12)4-6-18(7-5-17)16(23)24/h3,12H,2,4-10H2,1H3,(H,23,24). The van der Waals surface area contributed by atoms with Gasteiger partial charge in [0.25, 0.3) is 5.91 Å². The highest BCUT2D eigenvalue weighted by Gasteiger charge is 2.59. The van der Waals surface area contributed by atoms with E-state index in [1.165, 1.54) is 9.80 Å². The third-order valence-electron chi connectivity index (χ3n) is 5.37. The lowest BCUT2D eigenvalue weighted by Crippen LogP contribution is -2.61. The molecule has 1 N–H and O–H groups in total. The molecule has 142 valence electrons. The Kier molecular flexibility index (Phi) is 4.99. The van der Waals surface area contributed by atoms with Crippen LogP contribution in [0.3, 0.4) is 0 Å². The number of fused-ring (bicyclic) bond motifs is 2. The highest BCUT2D eigenvalue weighted by atomic mass is 16.5. The van der Waals surface area contributed by atoms with Crippen molar-refractivity contribution in [2.45, 2.75) is 19.8 Å². The summed E-state index contributed by atoms with van der Waals surface area (Å²) in [6.07, 6.45) is 1.23. The van der Waals surface area contributed by atoms with Gasteiger partial charge >= 0.3 is 12.1 Å². The molecule has 26 heavy (non-hydrogen) atoms. The number of Topliss-reactive ketones (excluding diaryl/α,β-unsaturated/α-hetero) is 1. The van der Waals surface area contributed by atoms with Gasteiger partial charge in [0.15, 0.2) is 0 Å². The van der Waals surface area contributed by atoms with Crippen LogP contribution < -0.4 is 0 Å². The first-order valence-corrected chi connectivity index (χ1v) is 8.71. The van der Waals surface area contributed by atoms with Gasteiger partial charge in [0.1, 0.15) is 5.92 Å². The Balaban J connectivity index is 2.05. The summed E-state index contributed by atoms with van der Waals surface area (Å²) in [5.74, 6) is -3.48. The number of likely N-dealkylation sites (tertiary alicyclic amines) is 1. The molecule has 9 heteroatoms. The Morgan fingerprint density at radius 1 is 1.31 bits per heavy atom. The molecule has 0 aromatic rings. The van der Waals surface area contributed by atoms with E-state index in [2.05, 4.69) is 0 Å². The summed E-state index contributed by atoms with van der Waals surface area (Å²) in [5, 5.41) is 9.22. The van der Waals surface area contributed by atoms with Gasteiger partial charge in [-0.1, -0.05) is 0 Å². The van der Waals surface area contributed by atoms with E-state index in [4.69, 9.17) is 9.47 Å². The molecule has 0 aromatic heterocycles. The lowest BCUT2D eigenvalue weighted by Gasteiger charge is -2.50. The largest absolute Gasteiger partial charge is 0.465 e. The zero-order valence-corrected chi connectivity index (χ0v) is 14.6. The maximum atomic E-state index is 12.8. The van der Waals surface area contributed by atoms with Gasteiger partial charge in [-0.05, 0) is 25.8 Å². The first-order valence-electron chi connectivity index (χ1n) is 8.71. The molecule has 1 atom stereocenters. The van der Waals surface area contributed by atoms with Crippen molar-refractivity contribution in [3.63, 3.8) is 0 Å². The van der Waals surface area contributed by atoms with Crippen LogP contribution >= 0.6 is 0 Å². The molecule has 3 heterocycles. The summed E-state index contributed by atoms with van der Waals surface area (Å²) >= 11 is 0. The van der Waals surface area contributed by atoms with E-state index in [1.54, 1.807) is 13.0 Å². The molecule has 0 aromatic carbocycles. The van der Waals surface area contributed by atoms with Crippen molar-refractivity contribution < 1.29 is 33.8 Å². The van der Waals surface area contributed by atoms with Crippen LogP contribution in [0, 0.1) is 11.3 Å². The van der Waals surface area contributed by atoms with Crippen LogP contribution in [0.1, 0.15) is 19.8 Å². The van der Waals surface area contributed by atoms with Gasteiger partial charge in [0.2, 0.25) is 5.78 Å². The minimum atomic E-state index is -1.24. The SMILES string of the molecule is CCOC(=O)C1C(=O)C(=O)N2CCOCC=C2C12CCN(C(=O)O)CC2. The van der Waals surface area contributed by atoms with Crippen LogP contribution in [0.2, 0.25) is 0 Å². The maximum Gasteiger partial charge on any atom is 0.407 e. The fourth-order valence-electron chi connectivity index (χ4n) is 4.15. The monoisotopic (exact) mass is 366 g/mol. The lowest BCUT2D eigenvalue weighted by molar-refractivity contribution is -0.167. The van der Waals surface area contributed by atoms with Crippen LogP contribution in [0.5, 0.6) is 0 Å². The van der Waals surface area contributed by atoms with Crippen LogP contribution in [0.15, 0.2) is 11.8 Å². The number of nitrogens with zero attached hydrogens (tertiary/aromatic N) is 2. The van der Waals surface area contributed by atoms with Gasteiger partial charge in [-0.25, -0.2) is 4.79 Å². The molecule has 0 bridgehead atoms. The molecule has 1 unspecified atom stereocenters. The Hall–Kier alpha value is -2.42. The summed E-state index contributed by atoms with van der Waals surface area (Å²) in [6, 6.07) is 0. The average molecular weight is 366 g/mol. The minimum absolute atomic E-state index is 0.0972. The quantitative estimate of drug-likeness (QED) is 0.423. The highest BCUT2D eigenvalue weighted by Crippen LogP contribution is 2.50. The van der Waals surface area contributed by atoms with E-state index in [-0.39, 0.29) is 45.7 Å². The number of esters is 1. The van der Waals surface area contributed by atoms with Gasteiger partial charge in [-0.2, -0.15) is 0 Å². The van der Waals surface area contributed by atoms with Crippen molar-refractivity contribution in [1.29, 1.82) is 0 Å². The summed E-state index contributed by atoms with van der Waals surface area (Å²) in [4.78, 5) is 51.9. The zero-order chi connectivity index (χ0) is 18.9. The number of rotatable bonds is 2. The van der Waals surface area contributed by atoms with Crippen molar-refractivity contribution in [2.24, 2.45) is 11.3 Å². The Labute approximate surface area is 150 Å². The van der Waals surface area contributed by atoms with E-state index in [0.29, 0.717) is 12.3 Å². The molecule has 3 rings (SSSR count). The number of carbonyl (C=O) groups is 4. The molecule has 2 saturated heterocycles. The first kappa shape index (κ1) is 18.4. The van der Waals surface area contributed by atoms with Crippen LogP contribution in [-0.4, -0.2) is 78.1 Å². The molecule has 2 fully saturated rings. The van der Waals surface area contributed by atoms with Crippen LogP contribution in [0.25, 0.3) is 0 Å². The number of hydrogen-bond donors (Lipinski definition) is 1. The smallest absolute Gasteiger partial charge is 0.407 e. The van der Waals surface area contributed by atoms with Crippen LogP contribution in [-0.2, 0) is 23.9 Å². The van der Waals surface area contributed by atoms with E-state index in [9.17, 15) is 24.3 Å². The van der Waals surface area contributed by atoms with Crippen molar-refractivity contribution in [1.82, 2.24) is 9.80 Å². The van der Waals surface area contributed by atoms with E-state index in [0.717, 1.165) is 0 Å². The molecule has 0 radical (unpaired) electrons. The Bertz CT molecular complexity index is 664. The van der Waals surface area contributed by atoms with Crippen molar-refractivity contribution in [3.8, 4) is 0 Å². The molecule has 1 spiro atoms. The minimum Gasteiger partial charge on any atom is -0.465 e. The Morgan fingerprint density at radius 3 is 2.62 bits per heavy atom. The number of ketones is 1. The van der Waals surface area contributed by atoms with E-state index < -0.39 is 35.1 Å². The first-order chi connectivity index (χ1) is 12.4. The summed E-state index contributed by atoms with van der Waals surface area (Å²) in [5.41, 5.74) is -0.362. The number of carboxylic acid groups (broad SMARTS) is 1. The number of hydrogen-bond acceptors (Lipinski definition) is 6. The number of carbonyl (C=O) groups excluding carboxylic acids is 3. The predicted octanol–water partition coefficient (Wildman–Crippen LogP) is 0.251. The normalized spacial score (nSPS) is 25.4. The van der Waals surface area contributed by atoms with Crippen molar-refractivity contribution >= 4 is 23.8 Å². The third-order valence-corrected chi connectivity index (χ3v) is 5.37. The van der Waals surface area contributed by atoms with Gasteiger partial charge in [-0.3, -0.25) is 14.4 Å².